The fourth-order valence-corrected chi connectivity index (χ4v) is 2.36. The van der Waals surface area contributed by atoms with E-state index in [2.05, 4.69) is 0 Å². The number of hydrogen-bond donors (Lipinski definition) is 0. The van der Waals surface area contributed by atoms with Crippen molar-refractivity contribution in [3.8, 4) is 0 Å². The van der Waals surface area contributed by atoms with Gasteiger partial charge in [-0.2, -0.15) is 13.2 Å². The number of nitrogens with zero attached hydrogens (tertiary/aromatic N) is 1. The van der Waals surface area contributed by atoms with Gasteiger partial charge >= 0.3 is 6.18 Å². The van der Waals surface area contributed by atoms with Crippen LogP contribution in [0.3, 0.4) is 0 Å². The van der Waals surface area contributed by atoms with Crippen molar-refractivity contribution in [1.82, 2.24) is 4.90 Å². The van der Waals surface area contributed by atoms with Gasteiger partial charge in [0.1, 0.15) is 0 Å². The van der Waals surface area contributed by atoms with Crippen molar-refractivity contribution in [1.29, 1.82) is 0 Å². The normalized spacial score (nSPS) is 27.7. The number of hydrogen-bond acceptors (Lipinski definition) is 1. The van der Waals surface area contributed by atoms with Gasteiger partial charge < -0.3 is 4.90 Å². The number of halogens is 3. The predicted molar refractivity (Wildman–Crippen MR) is 52.7 cm³/mol. The van der Waals surface area contributed by atoms with Crippen LogP contribution in [-0.2, 0) is 4.79 Å². The van der Waals surface area contributed by atoms with Crippen LogP contribution >= 0.6 is 0 Å². The lowest BCUT2D eigenvalue weighted by atomic mass is 9.83. The topological polar surface area (TPSA) is 20.3 Å². The van der Waals surface area contributed by atoms with Crippen LogP contribution in [0.25, 0.3) is 0 Å². The monoisotopic (exact) mass is 235 g/mol. The van der Waals surface area contributed by atoms with Crippen LogP contribution in [-0.4, -0.2) is 30.1 Å². The molecular formula is C11H16F3NO. The van der Waals surface area contributed by atoms with E-state index in [1.807, 2.05) is 0 Å². The Hall–Kier alpha value is -0.740. The van der Waals surface area contributed by atoms with Gasteiger partial charge in [-0.15, -0.1) is 0 Å². The molecule has 2 rings (SSSR count). The first kappa shape index (κ1) is 11.7. The average molecular weight is 235 g/mol. The molecule has 2 nitrogen and oxygen atoms in total. The van der Waals surface area contributed by atoms with Crippen molar-refractivity contribution >= 4 is 5.91 Å². The minimum atomic E-state index is -4.15. The van der Waals surface area contributed by atoms with Crippen molar-refractivity contribution in [3.63, 3.8) is 0 Å². The lowest BCUT2D eigenvalue weighted by Gasteiger charge is -2.37. The molecule has 16 heavy (non-hydrogen) atoms. The number of alkyl halides is 3. The number of piperidine rings is 1. The Morgan fingerprint density at radius 1 is 1.12 bits per heavy atom. The maximum absolute atomic E-state index is 12.5. The van der Waals surface area contributed by atoms with Crippen LogP contribution in [0.2, 0.25) is 0 Å². The number of amides is 1. The highest BCUT2D eigenvalue weighted by Gasteiger charge is 2.43. The van der Waals surface area contributed by atoms with Crippen LogP contribution in [0.15, 0.2) is 0 Å². The zero-order valence-corrected chi connectivity index (χ0v) is 9.09. The number of likely N-dealkylation sites (tertiary alicyclic amines) is 1. The maximum Gasteiger partial charge on any atom is 0.393 e. The zero-order chi connectivity index (χ0) is 11.8. The summed E-state index contributed by atoms with van der Waals surface area (Å²) in [6, 6.07) is 0. The molecule has 0 spiro atoms. The third-order valence-corrected chi connectivity index (χ3v) is 3.65. The summed E-state index contributed by atoms with van der Waals surface area (Å²) in [6.07, 6.45) is -0.774. The van der Waals surface area contributed by atoms with Gasteiger partial charge in [0, 0.05) is 19.0 Å². The molecule has 1 saturated carbocycles. The van der Waals surface area contributed by atoms with Crippen molar-refractivity contribution in [3.05, 3.63) is 0 Å². The maximum atomic E-state index is 12.5. The molecule has 0 N–H and O–H groups in total. The molecule has 0 bridgehead atoms. The van der Waals surface area contributed by atoms with E-state index in [4.69, 9.17) is 0 Å². The van der Waals surface area contributed by atoms with Crippen LogP contribution in [0.5, 0.6) is 0 Å². The minimum Gasteiger partial charge on any atom is -0.342 e. The highest BCUT2D eigenvalue weighted by molar-refractivity contribution is 5.79. The molecule has 5 heteroatoms. The van der Waals surface area contributed by atoms with Gasteiger partial charge in [-0.1, -0.05) is 6.42 Å². The quantitative estimate of drug-likeness (QED) is 0.684. The summed E-state index contributed by atoms with van der Waals surface area (Å²) in [5.41, 5.74) is 0. The molecule has 1 aliphatic heterocycles. The summed E-state index contributed by atoms with van der Waals surface area (Å²) >= 11 is 0. The Morgan fingerprint density at radius 3 is 2.31 bits per heavy atom. The second-order valence-electron chi connectivity index (χ2n) is 4.79. The molecule has 1 heterocycles. The standard InChI is InChI=1S/C11H16F3NO/c12-11(13,14)9-5-2-6-15(7-9)10(16)8-3-1-4-8/h8-9H,1-7H2. The Kier molecular flexibility index (Phi) is 3.13. The third-order valence-electron chi connectivity index (χ3n) is 3.65. The van der Waals surface area contributed by atoms with Gasteiger partial charge in [-0.25, -0.2) is 0 Å². The SMILES string of the molecule is O=C(C1CCC1)N1CCCC(C(F)(F)F)C1. The second kappa shape index (κ2) is 4.26. The summed E-state index contributed by atoms with van der Waals surface area (Å²) in [5, 5.41) is 0. The molecule has 92 valence electrons. The fraction of sp³-hybridized carbons (Fsp3) is 0.909. The molecule has 2 aliphatic rings. The van der Waals surface area contributed by atoms with E-state index in [-0.39, 0.29) is 24.8 Å². The number of carbonyl (C=O) groups excluding carboxylic acids is 1. The first-order valence-corrected chi connectivity index (χ1v) is 5.84. The van der Waals surface area contributed by atoms with Crippen LogP contribution < -0.4 is 0 Å². The van der Waals surface area contributed by atoms with E-state index >= 15 is 0 Å². The van der Waals surface area contributed by atoms with Gasteiger partial charge in [0.15, 0.2) is 0 Å². The van der Waals surface area contributed by atoms with E-state index in [1.165, 1.54) is 4.90 Å². The van der Waals surface area contributed by atoms with E-state index in [9.17, 15) is 18.0 Å². The van der Waals surface area contributed by atoms with E-state index in [0.717, 1.165) is 19.3 Å². The van der Waals surface area contributed by atoms with E-state index < -0.39 is 12.1 Å². The Labute approximate surface area is 92.8 Å². The van der Waals surface area contributed by atoms with Gasteiger partial charge in [0.25, 0.3) is 0 Å². The van der Waals surface area contributed by atoms with Crippen molar-refractivity contribution in [2.24, 2.45) is 11.8 Å². The first-order valence-electron chi connectivity index (χ1n) is 5.84. The minimum absolute atomic E-state index is 0.00647. The molecule has 1 atom stereocenters. The second-order valence-corrected chi connectivity index (χ2v) is 4.79. The number of carbonyl (C=O) groups is 1. The van der Waals surface area contributed by atoms with Crippen molar-refractivity contribution in [2.75, 3.05) is 13.1 Å². The molecule has 0 aromatic rings. The van der Waals surface area contributed by atoms with Gasteiger partial charge in [0.05, 0.1) is 5.92 Å². The lowest BCUT2D eigenvalue weighted by Crippen LogP contribution is -2.47. The molecule has 2 fully saturated rings. The third kappa shape index (κ3) is 2.33. The summed E-state index contributed by atoms with van der Waals surface area (Å²) in [6.45, 7) is 0.376. The molecule has 0 radical (unpaired) electrons. The zero-order valence-electron chi connectivity index (χ0n) is 9.09. The van der Waals surface area contributed by atoms with Gasteiger partial charge in [0.2, 0.25) is 5.91 Å². The largest absolute Gasteiger partial charge is 0.393 e. The fourth-order valence-electron chi connectivity index (χ4n) is 2.36. The summed E-state index contributed by atoms with van der Waals surface area (Å²) in [4.78, 5) is 13.2. The molecular weight excluding hydrogens is 219 g/mol. The van der Waals surface area contributed by atoms with Crippen LogP contribution in [0.1, 0.15) is 32.1 Å². The highest BCUT2D eigenvalue weighted by Crippen LogP contribution is 2.35. The van der Waals surface area contributed by atoms with E-state index in [0.29, 0.717) is 13.0 Å². The molecule has 1 saturated heterocycles. The van der Waals surface area contributed by atoms with Crippen molar-refractivity contribution < 1.29 is 18.0 Å². The number of rotatable bonds is 1. The first-order chi connectivity index (χ1) is 7.48. The average Bonchev–Trinajstić information content (AvgIpc) is 2.14. The molecule has 0 aromatic carbocycles. The Balaban J connectivity index is 1.93. The highest BCUT2D eigenvalue weighted by atomic mass is 19.4. The summed E-state index contributed by atoms with van der Waals surface area (Å²) in [7, 11) is 0. The van der Waals surface area contributed by atoms with Crippen LogP contribution in [0, 0.1) is 11.8 Å². The summed E-state index contributed by atoms with van der Waals surface area (Å²) < 4.78 is 37.6. The van der Waals surface area contributed by atoms with Crippen molar-refractivity contribution in [2.45, 2.75) is 38.3 Å². The smallest absolute Gasteiger partial charge is 0.342 e. The Bertz CT molecular complexity index is 273. The van der Waals surface area contributed by atoms with Gasteiger partial charge in [-0.05, 0) is 25.7 Å². The van der Waals surface area contributed by atoms with Gasteiger partial charge in [-0.3, -0.25) is 4.79 Å². The molecule has 1 amide bonds. The molecule has 1 aliphatic carbocycles. The summed E-state index contributed by atoms with van der Waals surface area (Å²) in [5.74, 6) is -1.36. The molecule has 0 aromatic heterocycles. The molecule has 1 unspecified atom stereocenters. The predicted octanol–water partition coefficient (Wildman–Crippen LogP) is 2.59. The van der Waals surface area contributed by atoms with Crippen LogP contribution in [0.4, 0.5) is 13.2 Å². The van der Waals surface area contributed by atoms with E-state index in [1.54, 1.807) is 0 Å². The lowest BCUT2D eigenvalue weighted by molar-refractivity contribution is -0.189. The Morgan fingerprint density at radius 2 is 1.81 bits per heavy atom.